The first-order valence-electron chi connectivity index (χ1n) is 21.3. The third-order valence-electron chi connectivity index (χ3n) is 11.2. The number of benzene rings is 2. The summed E-state index contributed by atoms with van der Waals surface area (Å²) in [6.07, 6.45) is -2.96. The van der Waals surface area contributed by atoms with E-state index < -0.39 is 89.8 Å². The van der Waals surface area contributed by atoms with Gasteiger partial charge in [0.05, 0.1) is 18.1 Å². The first-order chi connectivity index (χ1) is 29.5. The molecule has 3 N–H and O–H groups in total. The van der Waals surface area contributed by atoms with Gasteiger partial charge in [-0.3, -0.25) is 24.1 Å². The molecule has 17 nitrogen and oxygen atoms in total. The highest BCUT2D eigenvalue weighted by Crippen LogP contribution is 2.33. The van der Waals surface area contributed by atoms with Gasteiger partial charge in [-0.15, -0.1) is 0 Å². The second-order valence-electron chi connectivity index (χ2n) is 17.1. The van der Waals surface area contributed by atoms with Gasteiger partial charge in [0.1, 0.15) is 59.8 Å². The Labute approximate surface area is 369 Å². The molecule has 1 saturated heterocycles. The Morgan fingerprint density at radius 2 is 1.32 bits per heavy atom. The summed E-state index contributed by atoms with van der Waals surface area (Å²) in [6, 6.07) is 11.5. The van der Waals surface area contributed by atoms with Gasteiger partial charge in [0, 0.05) is 39.5 Å². The summed E-state index contributed by atoms with van der Waals surface area (Å²) in [7, 11) is 1.81. The van der Waals surface area contributed by atoms with Crippen LogP contribution in [0.4, 0.5) is 0 Å². The maximum atomic E-state index is 14.0. The van der Waals surface area contributed by atoms with Crippen molar-refractivity contribution >= 4 is 35.8 Å². The quantitative estimate of drug-likeness (QED) is 0.139. The molecule has 0 aromatic heterocycles. The molecule has 3 rings (SSSR count). The average Bonchev–Trinajstić information content (AvgIpc) is 3.19. The van der Waals surface area contributed by atoms with Gasteiger partial charge in [-0.2, -0.15) is 0 Å². The highest BCUT2D eigenvalue weighted by atomic mass is 16.6. The Balaban J connectivity index is 1.89. The maximum Gasteiger partial charge on any atom is 0.341 e. The second-order valence-corrected chi connectivity index (χ2v) is 17.1. The molecule has 350 valence electrons. The van der Waals surface area contributed by atoms with Gasteiger partial charge < -0.3 is 48.6 Å². The molecule has 1 heterocycles. The number of carbonyl (C=O) groups is 6. The fraction of sp³-hybridized carbons (Fsp3) is 0.609. The van der Waals surface area contributed by atoms with E-state index in [0.717, 1.165) is 0 Å². The van der Waals surface area contributed by atoms with Gasteiger partial charge in [0.15, 0.2) is 0 Å². The number of carbonyl (C=O) groups excluding carboxylic acids is 6. The number of nitrogens with zero attached hydrogens (tertiary/aromatic N) is 2. The van der Waals surface area contributed by atoms with Crippen LogP contribution in [0.25, 0.3) is 0 Å². The van der Waals surface area contributed by atoms with E-state index in [4.69, 9.17) is 28.4 Å². The highest BCUT2D eigenvalue weighted by Gasteiger charge is 2.46. The van der Waals surface area contributed by atoms with Crippen LogP contribution in [-0.4, -0.2) is 143 Å². The molecule has 0 radical (unpaired) electrons. The summed E-state index contributed by atoms with van der Waals surface area (Å²) in [5, 5.41) is 34.7. The van der Waals surface area contributed by atoms with Gasteiger partial charge in [-0.05, 0) is 90.1 Å². The lowest BCUT2D eigenvalue weighted by Gasteiger charge is -2.42. The third kappa shape index (κ3) is 15.7. The molecule has 0 amide bonds. The molecule has 1 fully saturated rings. The largest absolute Gasteiger partial charge is 0.461 e. The van der Waals surface area contributed by atoms with E-state index in [0.29, 0.717) is 13.0 Å². The van der Waals surface area contributed by atoms with Gasteiger partial charge in [0.25, 0.3) is 0 Å². The number of cyclic esters (lactones) is 1. The van der Waals surface area contributed by atoms with E-state index in [2.05, 4.69) is 0 Å². The average molecular weight is 887 g/mol. The monoisotopic (exact) mass is 886 g/mol. The van der Waals surface area contributed by atoms with Gasteiger partial charge >= 0.3 is 35.8 Å². The minimum atomic E-state index is -1.86. The predicted octanol–water partition coefficient (Wildman–Crippen LogP) is 3.97. The molecule has 0 spiro atoms. The van der Waals surface area contributed by atoms with Crippen LogP contribution in [0.5, 0.6) is 11.5 Å². The molecular weight excluding hydrogens is 821 g/mol. The predicted molar refractivity (Wildman–Crippen MR) is 229 cm³/mol. The van der Waals surface area contributed by atoms with Gasteiger partial charge in [-0.1, -0.05) is 45.0 Å². The normalized spacial score (nSPS) is 27.5. The molecule has 0 aliphatic carbocycles. The Hall–Kier alpha value is -4.94. The van der Waals surface area contributed by atoms with E-state index in [-0.39, 0.29) is 67.7 Å². The lowest BCUT2D eigenvalue weighted by molar-refractivity contribution is -0.194. The molecular formula is C46H66N2O15. The Kier molecular flexibility index (Phi) is 19.7. The summed E-state index contributed by atoms with van der Waals surface area (Å²) in [5.74, 6) is -6.26. The van der Waals surface area contributed by atoms with Gasteiger partial charge in [-0.25, -0.2) is 9.59 Å². The first kappa shape index (κ1) is 52.4. The fourth-order valence-electron chi connectivity index (χ4n) is 8.08. The topological polar surface area (TPSA) is 225 Å². The van der Waals surface area contributed by atoms with Crippen molar-refractivity contribution in [2.45, 2.75) is 117 Å². The minimum absolute atomic E-state index is 0.00251. The molecule has 63 heavy (non-hydrogen) atoms. The highest BCUT2D eigenvalue weighted by molar-refractivity contribution is 5.94. The van der Waals surface area contributed by atoms with Crippen LogP contribution in [0.3, 0.4) is 0 Å². The van der Waals surface area contributed by atoms with Crippen LogP contribution in [0, 0.1) is 17.8 Å². The van der Waals surface area contributed by atoms with Crippen LogP contribution in [0.15, 0.2) is 48.5 Å². The summed E-state index contributed by atoms with van der Waals surface area (Å²) in [5.41, 5.74) is -3.14. The van der Waals surface area contributed by atoms with E-state index in [1.165, 1.54) is 56.9 Å². The van der Waals surface area contributed by atoms with E-state index in [1.807, 2.05) is 18.9 Å². The van der Waals surface area contributed by atoms with Crippen LogP contribution in [0.2, 0.25) is 0 Å². The molecule has 9 atom stereocenters. The second kappa shape index (κ2) is 23.7. The Morgan fingerprint density at radius 1 is 0.825 bits per heavy atom. The van der Waals surface area contributed by atoms with Crippen molar-refractivity contribution in [2.75, 3.05) is 46.4 Å². The van der Waals surface area contributed by atoms with E-state index in [9.17, 15) is 44.1 Å². The summed E-state index contributed by atoms with van der Waals surface area (Å²) < 4.78 is 33.2. The van der Waals surface area contributed by atoms with Crippen molar-refractivity contribution in [3.63, 3.8) is 0 Å². The number of aliphatic hydroxyl groups is 3. The molecule has 2 aromatic rings. The number of hydrogen-bond acceptors (Lipinski definition) is 17. The number of hydrogen-bond donors (Lipinski definition) is 3. The zero-order chi connectivity index (χ0) is 47.2. The minimum Gasteiger partial charge on any atom is -0.461 e. The summed E-state index contributed by atoms with van der Waals surface area (Å²) in [4.78, 5) is 80.7. The summed E-state index contributed by atoms with van der Waals surface area (Å²) in [6.45, 7) is 13.5. The number of para-hydroxylation sites is 2. The lowest BCUT2D eigenvalue weighted by Crippen LogP contribution is -2.59. The fourth-order valence-corrected chi connectivity index (χ4v) is 8.08. The third-order valence-corrected chi connectivity index (χ3v) is 11.2. The van der Waals surface area contributed by atoms with Crippen LogP contribution < -0.4 is 9.47 Å². The lowest BCUT2D eigenvalue weighted by atomic mass is 9.80. The zero-order valence-electron chi connectivity index (χ0n) is 38.2. The van der Waals surface area contributed by atoms with Crippen LogP contribution >= 0.6 is 0 Å². The van der Waals surface area contributed by atoms with Crippen molar-refractivity contribution in [1.82, 2.24) is 9.80 Å². The molecule has 1 aliphatic rings. The van der Waals surface area contributed by atoms with Crippen LogP contribution in [-0.2, 0) is 38.1 Å². The van der Waals surface area contributed by atoms with Crippen molar-refractivity contribution in [3.8, 4) is 11.5 Å². The molecule has 0 saturated carbocycles. The number of likely N-dealkylation sites (N-methyl/N-ethyl adjacent to an activating group) is 1. The van der Waals surface area contributed by atoms with Crippen molar-refractivity contribution in [3.05, 3.63) is 59.7 Å². The first-order valence-corrected chi connectivity index (χ1v) is 21.3. The zero-order valence-corrected chi connectivity index (χ0v) is 38.2. The number of esters is 6. The smallest absolute Gasteiger partial charge is 0.341 e. The molecule has 0 unspecified atom stereocenters. The number of rotatable bonds is 14. The van der Waals surface area contributed by atoms with Crippen molar-refractivity contribution < 1.29 is 72.5 Å². The summed E-state index contributed by atoms with van der Waals surface area (Å²) >= 11 is 0. The van der Waals surface area contributed by atoms with E-state index in [1.54, 1.807) is 52.0 Å². The maximum absolute atomic E-state index is 14.0. The van der Waals surface area contributed by atoms with Crippen molar-refractivity contribution in [2.24, 2.45) is 17.8 Å². The van der Waals surface area contributed by atoms with Crippen LogP contribution in [0.1, 0.15) is 102 Å². The molecule has 17 heteroatoms. The van der Waals surface area contributed by atoms with Crippen molar-refractivity contribution in [1.29, 1.82) is 0 Å². The Bertz CT molecular complexity index is 1810. The molecule has 0 bridgehead atoms. The molecule has 2 aromatic carbocycles. The SMILES string of the molecule is CC[C@H]1OC(=O)[C@H](C)[C@@H](OC(=O)CN(CCOC(=O)c2ccccc2OC(C)=O)CCOC(=O)c2ccccc2OC(C)=O)[C@H](C)C[C@](C)(O)C[C@@H](C)CN(C)[C@H](C)[C@@H](O)[C@]1(C)O. The van der Waals surface area contributed by atoms with Gasteiger partial charge in [0.2, 0.25) is 0 Å². The number of ether oxygens (including phenoxy) is 6. The van der Waals surface area contributed by atoms with E-state index >= 15 is 0 Å². The molecule has 1 aliphatic heterocycles. The number of aliphatic hydroxyl groups excluding tert-OH is 1. The Morgan fingerprint density at radius 3 is 1.79 bits per heavy atom. The standard InChI is InChI=1S/C46H66N2O15/c1-11-38-46(9,57)41(52)31(5)47(10)26-28(2)24-45(8,56)25-29(3)40(30(4)42(53)62-38)63-39(51)27-48(20-22-58-43(54)34-16-12-14-18-36(34)60-32(6)49)21-23-59-44(55)35-17-13-15-19-37(35)61-33(7)50/h12-19,28-31,38,40-41,52,56-57H,11,20-27H2,1-10H3/t28-,29-,30-,31-,38-,40+,41-,45-,46-/m1/s1.